The van der Waals surface area contributed by atoms with E-state index in [9.17, 15) is 13.2 Å². The second-order valence-corrected chi connectivity index (χ2v) is 8.93. The first-order valence-electron chi connectivity index (χ1n) is 9.16. The summed E-state index contributed by atoms with van der Waals surface area (Å²) < 4.78 is 37.9. The molecule has 0 aliphatic carbocycles. The van der Waals surface area contributed by atoms with E-state index in [0.29, 0.717) is 30.3 Å². The van der Waals surface area contributed by atoms with E-state index >= 15 is 0 Å². The van der Waals surface area contributed by atoms with Crippen LogP contribution in [0.5, 0.6) is 5.75 Å². The number of nitrogens with zero attached hydrogens (tertiary/aromatic N) is 1. The van der Waals surface area contributed by atoms with Gasteiger partial charge in [0.2, 0.25) is 15.9 Å². The van der Waals surface area contributed by atoms with Crippen LogP contribution in [0, 0.1) is 0 Å². The molecule has 0 atom stereocenters. The van der Waals surface area contributed by atoms with E-state index in [2.05, 4.69) is 5.32 Å². The molecule has 156 valence electrons. The average Bonchev–Trinajstić information content (AvgIpc) is 2.73. The lowest BCUT2D eigenvalue weighted by molar-refractivity contribution is -0.120. The molecule has 7 nitrogen and oxygen atoms in total. The Morgan fingerprint density at radius 2 is 1.93 bits per heavy atom. The van der Waals surface area contributed by atoms with Crippen LogP contribution in [-0.2, 0) is 32.5 Å². The van der Waals surface area contributed by atoms with Crippen molar-refractivity contribution < 1.29 is 22.7 Å². The average molecular weight is 439 g/mol. The second-order valence-electron chi connectivity index (χ2n) is 6.59. The minimum atomic E-state index is -3.74. The molecule has 29 heavy (non-hydrogen) atoms. The number of carbonyl (C=O) groups excluding carboxylic acids is 1. The smallest absolute Gasteiger partial charge is 0.246 e. The van der Waals surface area contributed by atoms with E-state index in [1.54, 1.807) is 24.3 Å². The van der Waals surface area contributed by atoms with Crippen molar-refractivity contribution >= 4 is 27.5 Å². The van der Waals surface area contributed by atoms with Gasteiger partial charge in [-0.2, -0.15) is 4.31 Å². The van der Waals surface area contributed by atoms with E-state index < -0.39 is 10.0 Å². The van der Waals surface area contributed by atoms with Gasteiger partial charge in [0.1, 0.15) is 10.6 Å². The molecule has 1 N–H and O–H groups in total. The van der Waals surface area contributed by atoms with Gasteiger partial charge in [-0.05, 0) is 35.4 Å². The maximum Gasteiger partial charge on any atom is 0.246 e. The van der Waals surface area contributed by atoms with Gasteiger partial charge in [0.15, 0.2) is 0 Å². The van der Waals surface area contributed by atoms with E-state index in [-0.39, 0.29) is 36.1 Å². The molecule has 1 aliphatic rings. The van der Waals surface area contributed by atoms with Gasteiger partial charge in [0.05, 0.1) is 26.7 Å². The molecular formula is C20H23ClN2O5S. The number of ether oxygens (including phenoxy) is 2. The third-order valence-corrected chi connectivity index (χ3v) is 6.71. The number of carbonyl (C=O) groups is 1. The van der Waals surface area contributed by atoms with Crippen molar-refractivity contribution in [3.8, 4) is 5.75 Å². The fraction of sp³-hybridized carbons (Fsp3) is 0.350. The molecule has 0 unspecified atom stereocenters. The van der Waals surface area contributed by atoms with Gasteiger partial charge >= 0.3 is 0 Å². The molecule has 9 heteroatoms. The molecule has 0 saturated carbocycles. The molecule has 2 aromatic rings. The summed E-state index contributed by atoms with van der Waals surface area (Å²) in [5.41, 5.74) is 1.47. The molecule has 3 rings (SSSR count). The Balaban J connectivity index is 1.73. The summed E-state index contributed by atoms with van der Waals surface area (Å²) in [5, 5.41) is 3.42. The first-order chi connectivity index (χ1) is 13.9. The number of hydrogen-bond acceptors (Lipinski definition) is 5. The predicted octanol–water partition coefficient (Wildman–Crippen LogP) is 2.23. The van der Waals surface area contributed by atoms with Crippen LogP contribution < -0.4 is 10.1 Å². The Labute approximate surface area is 175 Å². The molecule has 1 aliphatic heterocycles. The van der Waals surface area contributed by atoms with Crippen molar-refractivity contribution in [3.05, 3.63) is 58.6 Å². The Morgan fingerprint density at radius 3 is 2.62 bits per heavy atom. The monoisotopic (exact) mass is 438 g/mol. The predicted molar refractivity (Wildman–Crippen MR) is 110 cm³/mol. The molecule has 1 heterocycles. The molecule has 0 bridgehead atoms. The van der Waals surface area contributed by atoms with Crippen LogP contribution in [0.3, 0.4) is 0 Å². The number of rotatable bonds is 7. The van der Waals surface area contributed by atoms with Gasteiger partial charge in [-0.3, -0.25) is 4.79 Å². The zero-order valence-electron chi connectivity index (χ0n) is 16.1. The highest BCUT2D eigenvalue weighted by Crippen LogP contribution is 2.28. The van der Waals surface area contributed by atoms with Crippen molar-refractivity contribution in [1.82, 2.24) is 9.62 Å². The lowest BCUT2D eigenvalue weighted by Gasteiger charge is -2.26. The van der Waals surface area contributed by atoms with Crippen LogP contribution in [0.2, 0.25) is 5.02 Å². The van der Waals surface area contributed by atoms with Crippen molar-refractivity contribution in [2.75, 3.05) is 33.4 Å². The van der Waals surface area contributed by atoms with E-state index in [4.69, 9.17) is 21.1 Å². The number of morpholine rings is 1. The minimum Gasteiger partial charge on any atom is -0.495 e. The molecule has 0 spiro atoms. The minimum absolute atomic E-state index is 0.0518. The lowest BCUT2D eigenvalue weighted by atomic mass is 10.1. The fourth-order valence-electron chi connectivity index (χ4n) is 3.05. The number of nitrogens with one attached hydrogen (secondary N) is 1. The van der Waals surface area contributed by atoms with Crippen LogP contribution in [0.4, 0.5) is 0 Å². The van der Waals surface area contributed by atoms with Gasteiger partial charge in [-0.1, -0.05) is 29.8 Å². The Kier molecular flexibility index (Phi) is 7.13. The van der Waals surface area contributed by atoms with Crippen molar-refractivity contribution in [2.24, 2.45) is 0 Å². The third kappa shape index (κ3) is 5.48. The van der Waals surface area contributed by atoms with Crippen molar-refractivity contribution in [2.45, 2.75) is 17.9 Å². The highest BCUT2D eigenvalue weighted by atomic mass is 35.5. The van der Waals surface area contributed by atoms with Crippen LogP contribution >= 0.6 is 11.6 Å². The number of halogens is 1. The Hall–Kier alpha value is -2.13. The largest absolute Gasteiger partial charge is 0.495 e. The summed E-state index contributed by atoms with van der Waals surface area (Å²) in [5.74, 6) is 0.0319. The number of methoxy groups -OCH3 is 1. The zero-order valence-corrected chi connectivity index (χ0v) is 17.6. The summed E-state index contributed by atoms with van der Waals surface area (Å²) in [4.78, 5) is 12.4. The number of amides is 1. The van der Waals surface area contributed by atoms with Crippen molar-refractivity contribution in [3.63, 3.8) is 0 Å². The number of sulfonamides is 1. The summed E-state index contributed by atoms with van der Waals surface area (Å²) >= 11 is 5.95. The molecular weight excluding hydrogens is 416 g/mol. The van der Waals surface area contributed by atoms with Gasteiger partial charge in [-0.15, -0.1) is 0 Å². The Bertz CT molecular complexity index is 975. The SMILES string of the molecule is COc1ccc(CC(=O)NCc2cccc(Cl)c2)cc1S(=O)(=O)N1CCOCC1. The van der Waals surface area contributed by atoms with Crippen LogP contribution in [-0.4, -0.2) is 52.0 Å². The normalized spacial score (nSPS) is 15.1. The zero-order chi connectivity index (χ0) is 20.9. The van der Waals surface area contributed by atoms with E-state index in [1.807, 2.05) is 12.1 Å². The van der Waals surface area contributed by atoms with Crippen LogP contribution in [0.1, 0.15) is 11.1 Å². The molecule has 2 aromatic carbocycles. The lowest BCUT2D eigenvalue weighted by Crippen LogP contribution is -2.40. The summed E-state index contributed by atoms with van der Waals surface area (Å²) in [7, 11) is -2.32. The molecule has 0 radical (unpaired) electrons. The number of hydrogen-bond donors (Lipinski definition) is 1. The summed E-state index contributed by atoms with van der Waals surface area (Å²) in [6.07, 6.45) is 0.0518. The molecule has 1 amide bonds. The standard InChI is InChI=1S/C20H23ClN2O5S/c1-27-18-6-5-15(12-19(18)29(25,26)23-7-9-28-10-8-23)13-20(24)22-14-16-3-2-4-17(21)11-16/h2-6,11-12H,7-10,13-14H2,1H3,(H,22,24). The van der Waals surface area contributed by atoms with Crippen LogP contribution in [0.25, 0.3) is 0 Å². The van der Waals surface area contributed by atoms with Gasteiger partial charge < -0.3 is 14.8 Å². The summed E-state index contributed by atoms with van der Waals surface area (Å²) in [6, 6.07) is 12.0. The maximum atomic E-state index is 13.0. The first kappa shape index (κ1) is 21.6. The molecule has 0 aromatic heterocycles. The Morgan fingerprint density at radius 1 is 1.17 bits per heavy atom. The van der Waals surface area contributed by atoms with Crippen LogP contribution in [0.15, 0.2) is 47.4 Å². The summed E-state index contributed by atoms with van der Waals surface area (Å²) in [6.45, 7) is 1.63. The highest BCUT2D eigenvalue weighted by molar-refractivity contribution is 7.89. The maximum absolute atomic E-state index is 13.0. The highest BCUT2D eigenvalue weighted by Gasteiger charge is 2.29. The number of benzene rings is 2. The topological polar surface area (TPSA) is 84.9 Å². The van der Waals surface area contributed by atoms with E-state index in [1.165, 1.54) is 17.5 Å². The third-order valence-electron chi connectivity index (χ3n) is 4.56. The van der Waals surface area contributed by atoms with Crippen molar-refractivity contribution in [1.29, 1.82) is 0 Å². The molecule has 1 fully saturated rings. The quantitative estimate of drug-likeness (QED) is 0.716. The van der Waals surface area contributed by atoms with E-state index in [0.717, 1.165) is 5.56 Å². The van der Waals surface area contributed by atoms with Gasteiger partial charge in [0, 0.05) is 24.7 Å². The fourth-order valence-corrected chi connectivity index (χ4v) is 4.88. The first-order valence-corrected chi connectivity index (χ1v) is 11.0. The van der Waals surface area contributed by atoms with Gasteiger partial charge in [0.25, 0.3) is 0 Å². The molecule has 1 saturated heterocycles. The second kappa shape index (κ2) is 9.58. The van der Waals surface area contributed by atoms with Gasteiger partial charge in [-0.25, -0.2) is 8.42 Å².